The number of aromatic amines is 1. The van der Waals surface area contributed by atoms with E-state index in [9.17, 15) is 9.59 Å². The number of aromatic nitrogens is 4. The summed E-state index contributed by atoms with van der Waals surface area (Å²) in [5.74, 6) is 0.0366. The zero-order valence-corrected chi connectivity index (χ0v) is 13.8. The van der Waals surface area contributed by atoms with Crippen molar-refractivity contribution in [2.45, 2.75) is 25.3 Å². The molecule has 7 heteroatoms. The van der Waals surface area contributed by atoms with Crippen LogP contribution in [0.3, 0.4) is 0 Å². The lowest BCUT2D eigenvalue weighted by Crippen LogP contribution is -2.41. The number of nitrogens with one attached hydrogen (secondary N) is 1. The average Bonchev–Trinajstić information content (AvgIpc) is 3.19. The molecule has 1 fully saturated rings. The van der Waals surface area contributed by atoms with Gasteiger partial charge in [0.05, 0.1) is 29.9 Å². The molecule has 1 atom stereocenters. The van der Waals surface area contributed by atoms with Crippen molar-refractivity contribution in [2.75, 3.05) is 13.1 Å². The maximum Gasteiger partial charge on any atom is 0.272 e. The highest BCUT2D eigenvalue weighted by atomic mass is 16.2. The fourth-order valence-corrected chi connectivity index (χ4v) is 3.47. The molecule has 0 spiro atoms. The first-order valence-corrected chi connectivity index (χ1v) is 8.44. The number of rotatable bonds is 3. The summed E-state index contributed by atoms with van der Waals surface area (Å²) in [6.07, 6.45) is 7.70. The summed E-state index contributed by atoms with van der Waals surface area (Å²) in [7, 11) is 0. The van der Waals surface area contributed by atoms with Crippen molar-refractivity contribution in [3.63, 3.8) is 0 Å². The monoisotopic (exact) mass is 337 g/mol. The van der Waals surface area contributed by atoms with Crippen LogP contribution in [0.2, 0.25) is 0 Å². The summed E-state index contributed by atoms with van der Waals surface area (Å²) in [4.78, 5) is 30.6. The van der Waals surface area contributed by atoms with Gasteiger partial charge < -0.3 is 9.47 Å². The van der Waals surface area contributed by atoms with Gasteiger partial charge in [-0.3, -0.25) is 9.59 Å². The van der Waals surface area contributed by atoms with Gasteiger partial charge in [0.25, 0.3) is 5.56 Å². The maximum atomic E-state index is 12.8. The minimum absolute atomic E-state index is 0.0366. The molecule has 0 aliphatic carbocycles. The number of amides is 1. The molecular formula is C18H19N5O2. The Balaban J connectivity index is 1.54. The molecule has 1 amide bonds. The van der Waals surface area contributed by atoms with Gasteiger partial charge >= 0.3 is 0 Å². The van der Waals surface area contributed by atoms with Gasteiger partial charge in [0.15, 0.2) is 0 Å². The second kappa shape index (κ2) is 6.51. The number of benzene rings is 1. The van der Waals surface area contributed by atoms with Crippen molar-refractivity contribution >= 4 is 16.7 Å². The van der Waals surface area contributed by atoms with Crippen molar-refractivity contribution in [3.05, 3.63) is 59.0 Å². The van der Waals surface area contributed by atoms with E-state index in [0.29, 0.717) is 17.6 Å². The van der Waals surface area contributed by atoms with Gasteiger partial charge in [-0.05, 0) is 18.9 Å². The zero-order chi connectivity index (χ0) is 17.2. The number of nitrogens with zero attached hydrogens (tertiary/aromatic N) is 4. The van der Waals surface area contributed by atoms with Crippen LogP contribution >= 0.6 is 0 Å². The third kappa shape index (κ3) is 3.05. The lowest BCUT2D eigenvalue weighted by Gasteiger charge is -2.33. The molecule has 4 rings (SSSR count). The molecule has 0 unspecified atom stereocenters. The molecule has 3 heterocycles. The predicted octanol–water partition coefficient (Wildman–Crippen LogP) is 1.53. The van der Waals surface area contributed by atoms with Gasteiger partial charge in [-0.2, -0.15) is 5.10 Å². The summed E-state index contributed by atoms with van der Waals surface area (Å²) < 4.78 is 2.06. The lowest BCUT2D eigenvalue weighted by molar-refractivity contribution is -0.132. The highest BCUT2D eigenvalue weighted by Gasteiger charge is 2.25. The van der Waals surface area contributed by atoms with Crippen molar-refractivity contribution in [3.8, 4) is 0 Å². The Morgan fingerprint density at radius 1 is 1.28 bits per heavy atom. The first-order chi connectivity index (χ1) is 12.2. The highest BCUT2D eigenvalue weighted by Crippen LogP contribution is 2.22. The van der Waals surface area contributed by atoms with Gasteiger partial charge in [0.1, 0.15) is 0 Å². The van der Waals surface area contributed by atoms with Gasteiger partial charge in [-0.25, -0.2) is 10.1 Å². The van der Waals surface area contributed by atoms with Crippen LogP contribution in [0.25, 0.3) is 10.8 Å². The topological polar surface area (TPSA) is 83.9 Å². The number of hydrogen-bond acceptors (Lipinski definition) is 4. The zero-order valence-electron chi connectivity index (χ0n) is 13.8. The van der Waals surface area contributed by atoms with Gasteiger partial charge in [0.2, 0.25) is 5.91 Å². The number of likely N-dealkylation sites (tertiary alicyclic amines) is 1. The van der Waals surface area contributed by atoms with Crippen molar-refractivity contribution in [1.82, 2.24) is 24.6 Å². The molecule has 1 aromatic carbocycles. The fraction of sp³-hybridized carbons (Fsp3) is 0.333. The normalized spacial score (nSPS) is 17.8. The number of carbonyl (C=O) groups excluding carboxylic acids is 1. The third-order valence-corrected chi connectivity index (χ3v) is 4.79. The van der Waals surface area contributed by atoms with E-state index in [0.717, 1.165) is 24.8 Å². The SMILES string of the molecule is O=C(Cc1n[nH]c(=O)c2ccccc12)N1CCC[C@H](n2ccnc2)C1. The van der Waals surface area contributed by atoms with Crippen LogP contribution in [0.1, 0.15) is 24.6 Å². The molecule has 1 saturated heterocycles. The van der Waals surface area contributed by atoms with Crippen LogP contribution in [0.5, 0.6) is 0 Å². The van der Waals surface area contributed by atoms with E-state index in [-0.39, 0.29) is 23.9 Å². The largest absolute Gasteiger partial charge is 0.340 e. The second-order valence-electron chi connectivity index (χ2n) is 6.37. The summed E-state index contributed by atoms with van der Waals surface area (Å²) in [6.45, 7) is 1.43. The molecule has 0 saturated carbocycles. The molecule has 1 aliphatic rings. The molecule has 2 aromatic heterocycles. The molecule has 1 aliphatic heterocycles. The molecule has 25 heavy (non-hydrogen) atoms. The molecular weight excluding hydrogens is 318 g/mol. The Labute approximate surface area is 144 Å². The lowest BCUT2D eigenvalue weighted by atomic mass is 10.0. The Hall–Kier alpha value is -2.96. The van der Waals surface area contributed by atoms with E-state index in [4.69, 9.17) is 0 Å². The average molecular weight is 337 g/mol. The maximum absolute atomic E-state index is 12.8. The summed E-state index contributed by atoms with van der Waals surface area (Å²) in [5, 5.41) is 7.91. The Morgan fingerprint density at radius 3 is 2.92 bits per heavy atom. The van der Waals surface area contributed by atoms with Crippen LogP contribution in [0.4, 0.5) is 0 Å². The Morgan fingerprint density at radius 2 is 2.12 bits per heavy atom. The third-order valence-electron chi connectivity index (χ3n) is 4.79. The molecule has 3 aromatic rings. The first-order valence-electron chi connectivity index (χ1n) is 8.44. The van der Waals surface area contributed by atoms with E-state index < -0.39 is 0 Å². The number of H-pyrrole nitrogens is 1. The van der Waals surface area contributed by atoms with E-state index in [2.05, 4.69) is 19.7 Å². The van der Waals surface area contributed by atoms with Crippen LogP contribution in [-0.2, 0) is 11.2 Å². The van der Waals surface area contributed by atoms with E-state index in [1.165, 1.54) is 0 Å². The van der Waals surface area contributed by atoms with Crippen LogP contribution in [-0.4, -0.2) is 43.6 Å². The fourth-order valence-electron chi connectivity index (χ4n) is 3.47. The quantitative estimate of drug-likeness (QED) is 0.785. The van der Waals surface area contributed by atoms with Gasteiger partial charge in [-0.15, -0.1) is 0 Å². The number of piperidine rings is 1. The van der Waals surface area contributed by atoms with Crippen LogP contribution in [0.15, 0.2) is 47.8 Å². The molecule has 1 N–H and O–H groups in total. The standard InChI is InChI=1S/C18H19N5O2/c24-17(22-8-3-4-13(11-22)23-9-7-19-12-23)10-16-14-5-1-2-6-15(14)18(25)21-20-16/h1-2,5-7,9,12-13H,3-4,8,10-11H2,(H,21,25)/t13-/m0/s1. The molecule has 0 bridgehead atoms. The van der Waals surface area contributed by atoms with Crippen molar-refractivity contribution in [2.24, 2.45) is 0 Å². The van der Waals surface area contributed by atoms with Crippen molar-refractivity contribution in [1.29, 1.82) is 0 Å². The predicted molar refractivity (Wildman–Crippen MR) is 93.1 cm³/mol. The smallest absolute Gasteiger partial charge is 0.272 e. The minimum atomic E-state index is -0.232. The number of carbonyl (C=O) groups is 1. The molecule has 128 valence electrons. The summed E-state index contributed by atoms with van der Waals surface area (Å²) in [6, 6.07) is 7.52. The van der Waals surface area contributed by atoms with E-state index in [1.54, 1.807) is 18.6 Å². The van der Waals surface area contributed by atoms with Crippen LogP contribution < -0.4 is 5.56 Å². The summed E-state index contributed by atoms with van der Waals surface area (Å²) >= 11 is 0. The molecule has 7 nitrogen and oxygen atoms in total. The first kappa shape index (κ1) is 15.6. The Kier molecular flexibility index (Phi) is 4.05. The number of fused-ring (bicyclic) bond motifs is 1. The number of imidazole rings is 1. The number of hydrogen-bond donors (Lipinski definition) is 1. The van der Waals surface area contributed by atoms with Crippen molar-refractivity contribution < 1.29 is 4.79 Å². The molecule has 0 radical (unpaired) electrons. The second-order valence-corrected chi connectivity index (χ2v) is 6.37. The van der Waals surface area contributed by atoms with Crippen LogP contribution in [0, 0.1) is 0 Å². The highest BCUT2D eigenvalue weighted by molar-refractivity contribution is 5.88. The summed E-state index contributed by atoms with van der Waals surface area (Å²) in [5.41, 5.74) is 0.384. The minimum Gasteiger partial charge on any atom is -0.340 e. The van der Waals surface area contributed by atoms with E-state index in [1.807, 2.05) is 29.3 Å². The van der Waals surface area contributed by atoms with E-state index >= 15 is 0 Å². The van der Waals surface area contributed by atoms with Gasteiger partial charge in [0, 0.05) is 30.9 Å². The van der Waals surface area contributed by atoms with Gasteiger partial charge in [-0.1, -0.05) is 18.2 Å². The Bertz CT molecular complexity index is 948.